The molecule has 0 radical (unpaired) electrons. The summed E-state index contributed by atoms with van der Waals surface area (Å²) in [4.78, 5) is 19.7. The molecule has 0 aromatic heterocycles. The maximum Gasteiger partial charge on any atom is 0.342 e. The maximum atomic E-state index is 9.84. The summed E-state index contributed by atoms with van der Waals surface area (Å²) in [5.41, 5.74) is 1.11. The number of rotatable bonds is 5. The molecule has 84 valence electrons. The highest BCUT2D eigenvalue weighted by atomic mass is 31.2. The number of nitrogens with zero attached hydrogens (tertiary/aromatic N) is 1. The topological polar surface area (TPSA) is 43.7 Å². The molecule has 2 N–H and O–H groups in total. The van der Waals surface area contributed by atoms with Crippen LogP contribution in [0.2, 0.25) is 0 Å². The van der Waals surface area contributed by atoms with Gasteiger partial charge in [0.2, 0.25) is 0 Å². The van der Waals surface area contributed by atoms with Crippen molar-refractivity contribution >= 4 is 7.87 Å². The Kier molecular flexibility index (Phi) is 4.68. The van der Waals surface area contributed by atoms with Crippen LogP contribution < -0.4 is 0 Å². The van der Waals surface area contributed by atoms with Crippen LogP contribution in [0.4, 0.5) is 0 Å². The van der Waals surface area contributed by atoms with E-state index in [0.29, 0.717) is 19.3 Å². The van der Waals surface area contributed by atoms with Crippen LogP contribution in [0.3, 0.4) is 0 Å². The zero-order valence-electron chi connectivity index (χ0n) is 9.30. The van der Waals surface area contributed by atoms with E-state index in [9.17, 15) is 9.79 Å². The minimum atomic E-state index is -2.87. The summed E-state index contributed by atoms with van der Waals surface area (Å²) in [5, 5.41) is 0. The first-order valence-corrected chi connectivity index (χ1v) is 7.06. The van der Waals surface area contributed by atoms with Crippen molar-refractivity contribution in [1.29, 1.82) is 0 Å². The van der Waals surface area contributed by atoms with E-state index in [1.165, 1.54) is 0 Å². The minimum absolute atomic E-state index is 0.410. The van der Waals surface area contributed by atoms with E-state index in [0.717, 1.165) is 5.56 Å². The Bertz CT molecular complexity index is 290. The van der Waals surface area contributed by atoms with E-state index in [1.54, 1.807) is 11.6 Å². The average molecular weight is 228 g/mol. The van der Waals surface area contributed by atoms with Gasteiger partial charge < -0.3 is 0 Å². The van der Waals surface area contributed by atoms with Crippen molar-refractivity contribution in [3.8, 4) is 0 Å². The molecule has 0 saturated heterocycles. The van der Waals surface area contributed by atoms with Crippen LogP contribution >= 0.6 is 7.87 Å². The van der Waals surface area contributed by atoms with Gasteiger partial charge in [-0.05, 0) is 19.4 Å². The van der Waals surface area contributed by atoms with Gasteiger partial charge in [0.15, 0.2) is 0 Å². The van der Waals surface area contributed by atoms with Crippen LogP contribution in [0.1, 0.15) is 19.4 Å². The molecule has 0 saturated carbocycles. The summed E-state index contributed by atoms with van der Waals surface area (Å²) in [6.45, 7) is 5.01. The van der Waals surface area contributed by atoms with Gasteiger partial charge in [-0.2, -0.15) is 0 Å². The van der Waals surface area contributed by atoms with Crippen molar-refractivity contribution in [3.05, 3.63) is 35.9 Å². The molecule has 0 aliphatic heterocycles. The molecule has 1 aromatic carbocycles. The summed E-state index contributed by atoms with van der Waals surface area (Å²) in [5.74, 6) is 0. The molecule has 1 rings (SSSR count). The molecule has 1 aromatic rings. The van der Waals surface area contributed by atoms with Crippen LogP contribution in [0.25, 0.3) is 0 Å². The minimum Gasteiger partial charge on any atom is -0.202 e. The smallest absolute Gasteiger partial charge is 0.202 e. The lowest BCUT2D eigenvalue weighted by Gasteiger charge is -2.23. The van der Waals surface area contributed by atoms with Gasteiger partial charge in [0.1, 0.15) is 6.16 Å². The van der Waals surface area contributed by atoms with Gasteiger partial charge >= 0.3 is 7.87 Å². The number of benzene rings is 1. The second-order valence-electron chi connectivity index (χ2n) is 3.48. The Morgan fingerprint density at radius 3 is 2.20 bits per heavy atom. The Labute approximate surface area is 91.9 Å². The third-order valence-corrected chi connectivity index (χ3v) is 4.63. The largest absolute Gasteiger partial charge is 0.342 e. The Balaban J connectivity index is 2.70. The first-order valence-electron chi connectivity index (χ1n) is 5.23. The molecule has 4 heteroatoms. The molecule has 0 aliphatic rings. The number of hydrogen-bond donors (Lipinski definition) is 2. The summed E-state index contributed by atoms with van der Waals surface area (Å²) >= 11 is 0. The first-order chi connectivity index (χ1) is 7.10. The van der Waals surface area contributed by atoms with Crippen molar-refractivity contribution < 1.29 is 9.79 Å². The van der Waals surface area contributed by atoms with Crippen LogP contribution in [0.15, 0.2) is 30.3 Å². The lowest BCUT2D eigenvalue weighted by Crippen LogP contribution is -2.24. The van der Waals surface area contributed by atoms with E-state index >= 15 is 0 Å². The van der Waals surface area contributed by atoms with E-state index < -0.39 is 7.87 Å². The first kappa shape index (κ1) is 12.6. The highest BCUT2D eigenvalue weighted by Gasteiger charge is 2.38. The normalized spacial score (nSPS) is 12.1. The predicted octanol–water partition coefficient (Wildman–Crippen LogP) is 2.28. The van der Waals surface area contributed by atoms with Gasteiger partial charge in [0.05, 0.1) is 6.54 Å². The molecule has 0 fully saturated rings. The van der Waals surface area contributed by atoms with E-state index in [4.69, 9.17) is 0 Å². The Hall–Kier alpha value is -0.470. The third kappa shape index (κ3) is 3.54. The highest BCUT2D eigenvalue weighted by Crippen LogP contribution is 2.53. The summed E-state index contributed by atoms with van der Waals surface area (Å²) in [6.07, 6.45) is 0.410. The SMILES string of the molecule is CCN(Cc1ccccc1)[P+](O)(O)CC. The van der Waals surface area contributed by atoms with Gasteiger partial charge in [-0.15, -0.1) is 4.67 Å². The molecular formula is C11H19NO2P+. The number of hydrogen-bond acceptors (Lipinski definition) is 3. The fourth-order valence-corrected chi connectivity index (χ4v) is 2.69. The summed E-state index contributed by atoms with van der Waals surface area (Å²) < 4.78 is 1.75. The molecule has 0 bridgehead atoms. The van der Waals surface area contributed by atoms with Crippen LogP contribution in [0, 0.1) is 0 Å². The predicted molar refractivity (Wildman–Crippen MR) is 64.4 cm³/mol. The molecule has 3 nitrogen and oxygen atoms in total. The lowest BCUT2D eigenvalue weighted by molar-refractivity contribution is 0.318. The monoisotopic (exact) mass is 228 g/mol. The standard InChI is InChI=1S/C11H19NO2P/c1-3-12(15(13,14)4-2)10-11-8-6-5-7-9-11/h5-9,13-14H,3-4,10H2,1-2H3/q+1. The van der Waals surface area contributed by atoms with Crippen LogP contribution in [0.5, 0.6) is 0 Å². The van der Waals surface area contributed by atoms with Crippen molar-refractivity contribution in [2.75, 3.05) is 12.7 Å². The molecular weight excluding hydrogens is 209 g/mol. The van der Waals surface area contributed by atoms with Crippen molar-refractivity contribution in [1.82, 2.24) is 4.67 Å². The van der Waals surface area contributed by atoms with E-state index in [-0.39, 0.29) is 0 Å². The fourth-order valence-electron chi connectivity index (χ4n) is 1.45. The maximum absolute atomic E-state index is 9.84. The molecule has 0 spiro atoms. The van der Waals surface area contributed by atoms with Gasteiger partial charge in [-0.25, -0.2) is 9.79 Å². The van der Waals surface area contributed by atoms with E-state index in [2.05, 4.69) is 0 Å². The van der Waals surface area contributed by atoms with E-state index in [1.807, 2.05) is 37.3 Å². The highest BCUT2D eigenvalue weighted by molar-refractivity contribution is 7.62. The van der Waals surface area contributed by atoms with Crippen LogP contribution in [-0.4, -0.2) is 27.2 Å². The second-order valence-corrected chi connectivity index (χ2v) is 6.06. The quantitative estimate of drug-likeness (QED) is 0.760. The van der Waals surface area contributed by atoms with Crippen molar-refractivity contribution in [2.45, 2.75) is 20.4 Å². The van der Waals surface area contributed by atoms with Gasteiger partial charge in [0, 0.05) is 6.54 Å². The van der Waals surface area contributed by atoms with Crippen molar-refractivity contribution in [2.24, 2.45) is 0 Å². The molecule has 0 aliphatic carbocycles. The lowest BCUT2D eigenvalue weighted by atomic mass is 10.2. The molecule has 0 unspecified atom stereocenters. The molecule has 15 heavy (non-hydrogen) atoms. The molecule has 0 atom stereocenters. The van der Waals surface area contributed by atoms with Gasteiger partial charge in [-0.1, -0.05) is 30.3 Å². The second kappa shape index (κ2) is 5.57. The Morgan fingerprint density at radius 2 is 1.73 bits per heavy atom. The summed E-state index contributed by atoms with van der Waals surface area (Å²) in [6, 6.07) is 9.88. The molecule has 0 heterocycles. The Morgan fingerprint density at radius 1 is 1.13 bits per heavy atom. The molecule has 0 amide bonds. The summed E-state index contributed by atoms with van der Waals surface area (Å²) in [7, 11) is -2.87. The van der Waals surface area contributed by atoms with Crippen molar-refractivity contribution in [3.63, 3.8) is 0 Å². The zero-order valence-corrected chi connectivity index (χ0v) is 10.2. The van der Waals surface area contributed by atoms with Crippen LogP contribution in [-0.2, 0) is 6.54 Å². The zero-order chi connectivity index (χ0) is 11.3. The third-order valence-electron chi connectivity index (χ3n) is 2.45. The average Bonchev–Trinajstić information content (AvgIpc) is 2.27. The van der Waals surface area contributed by atoms with Gasteiger partial charge in [-0.3, -0.25) is 0 Å². The fraction of sp³-hybridized carbons (Fsp3) is 0.455. The van der Waals surface area contributed by atoms with Gasteiger partial charge in [0.25, 0.3) is 0 Å².